The summed E-state index contributed by atoms with van der Waals surface area (Å²) in [4.78, 5) is 12.6. The van der Waals surface area contributed by atoms with Gasteiger partial charge in [0, 0.05) is 22.6 Å². The third-order valence-corrected chi connectivity index (χ3v) is 5.59. The van der Waals surface area contributed by atoms with Gasteiger partial charge in [0.15, 0.2) is 0 Å². The highest BCUT2D eigenvalue weighted by Crippen LogP contribution is 2.39. The summed E-state index contributed by atoms with van der Waals surface area (Å²) in [7, 11) is 0. The van der Waals surface area contributed by atoms with E-state index in [1.807, 2.05) is 19.1 Å². The Hall–Kier alpha value is -1.19. The van der Waals surface area contributed by atoms with E-state index >= 15 is 0 Å². The SMILES string of the molecule is CC1(C(=O)Cc2csc3ccccc23)CCCC1N. The molecule has 1 fully saturated rings. The molecule has 0 radical (unpaired) electrons. The van der Waals surface area contributed by atoms with Crippen LogP contribution in [0.4, 0.5) is 0 Å². The lowest BCUT2D eigenvalue weighted by Gasteiger charge is -2.27. The van der Waals surface area contributed by atoms with Gasteiger partial charge in [0.25, 0.3) is 0 Å². The molecular formula is C16H19NOS. The molecule has 1 saturated carbocycles. The molecule has 0 saturated heterocycles. The third kappa shape index (κ3) is 2.11. The number of benzene rings is 1. The first kappa shape index (κ1) is 12.8. The minimum atomic E-state index is -0.316. The molecule has 3 heteroatoms. The van der Waals surface area contributed by atoms with Crippen LogP contribution < -0.4 is 5.73 Å². The summed E-state index contributed by atoms with van der Waals surface area (Å²) >= 11 is 1.71. The molecule has 1 aliphatic carbocycles. The Morgan fingerprint density at radius 3 is 3.00 bits per heavy atom. The second-order valence-electron chi connectivity index (χ2n) is 5.77. The second-order valence-corrected chi connectivity index (χ2v) is 6.68. The molecule has 1 aliphatic rings. The van der Waals surface area contributed by atoms with Crippen LogP contribution in [0.15, 0.2) is 29.6 Å². The summed E-state index contributed by atoms with van der Waals surface area (Å²) in [5.74, 6) is 0.307. The molecule has 1 heterocycles. The maximum absolute atomic E-state index is 12.6. The Bertz CT molecular complexity index is 618. The van der Waals surface area contributed by atoms with E-state index in [1.54, 1.807) is 11.3 Å². The van der Waals surface area contributed by atoms with E-state index in [2.05, 4.69) is 17.5 Å². The first-order chi connectivity index (χ1) is 9.11. The third-order valence-electron chi connectivity index (χ3n) is 4.58. The highest BCUT2D eigenvalue weighted by atomic mass is 32.1. The van der Waals surface area contributed by atoms with Crippen LogP contribution in [0.5, 0.6) is 0 Å². The lowest BCUT2D eigenvalue weighted by molar-refractivity contribution is -0.127. The minimum Gasteiger partial charge on any atom is -0.327 e. The number of ketones is 1. The van der Waals surface area contributed by atoms with E-state index in [1.165, 1.54) is 10.1 Å². The number of nitrogens with two attached hydrogens (primary N) is 1. The molecule has 2 atom stereocenters. The zero-order valence-electron chi connectivity index (χ0n) is 11.2. The first-order valence-corrected chi connectivity index (χ1v) is 7.73. The van der Waals surface area contributed by atoms with Crippen molar-refractivity contribution in [1.29, 1.82) is 0 Å². The molecule has 0 spiro atoms. The highest BCUT2D eigenvalue weighted by Gasteiger charge is 2.42. The topological polar surface area (TPSA) is 43.1 Å². The minimum absolute atomic E-state index is 0.0323. The Balaban J connectivity index is 1.87. The van der Waals surface area contributed by atoms with E-state index in [-0.39, 0.29) is 11.5 Å². The number of hydrogen-bond acceptors (Lipinski definition) is 3. The predicted molar refractivity (Wildman–Crippen MR) is 80.5 cm³/mol. The molecule has 2 aromatic rings. The van der Waals surface area contributed by atoms with E-state index in [0.717, 1.165) is 24.8 Å². The van der Waals surface area contributed by atoms with Crippen molar-refractivity contribution in [2.24, 2.45) is 11.1 Å². The van der Waals surface area contributed by atoms with E-state index in [9.17, 15) is 4.79 Å². The Morgan fingerprint density at radius 1 is 1.47 bits per heavy atom. The number of Topliss-reactive ketones (excluding diaryl/α,β-unsaturated/α-hetero) is 1. The summed E-state index contributed by atoms with van der Waals surface area (Å²) in [6.45, 7) is 2.04. The molecule has 1 aromatic carbocycles. The van der Waals surface area contributed by atoms with Crippen molar-refractivity contribution in [1.82, 2.24) is 0 Å². The molecule has 2 N–H and O–H groups in total. The first-order valence-electron chi connectivity index (χ1n) is 6.85. The van der Waals surface area contributed by atoms with Crippen LogP contribution in [0.2, 0.25) is 0 Å². The summed E-state index contributed by atoms with van der Waals surface area (Å²) in [6, 6.07) is 8.32. The van der Waals surface area contributed by atoms with Gasteiger partial charge in [-0.1, -0.05) is 31.5 Å². The molecule has 0 aliphatic heterocycles. The normalized spacial score (nSPS) is 26.9. The van der Waals surface area contributed by atoms with Crippen molar-refractivity contribution in [3.63, 3.8) is 0 Å². The molecule has 2 unspecified atom stereocenters. The maximum atomic E-state index is 12.6. The van der Waals surface area contributed by atoms with Gasteiger partial charge in [-0.2, -0.15) is 0 Å². The maximum Gasteiger partial charge on any atom is 0.144 e. The summed E-state index contributed by atoms with van der Waals surface area (Å²) in [6.07, 6.45) is 3.52. The number of carbonyl (C=O) groups is 1. The molecule has 19 heavy (non-hydrogen) atoms. The second kappa shape index (κ2) is 4.73. The van der Waals surface area contributed by atoms with Crippen molar-refractivity contribution < 1.29 is 4.79 Å². The molecule has 100 valence electrons. The summed E-state index contributed by atoms with van der Waals surface area (Å²) < 4.78 is 1.26. The number of thiophene rings is 1. The van der Waals surface area contributed by atoms with Crippen LogP contribution in [0, 0.1) is 5.41 Å². The fraction of sp³-hybridized carbons (Fsp3) is 0.438. The lowest BCUT2D eigenvalue weighted by Crippen LogP contribution is -2.41. The van der Waals surface area contributed by atoms with Crippen LogP contribution in [0.25, 0.3) is 10.1 Å². The number of fused-ring (bicyclic) bond motifs is 1. The van der Waals surface area contributed by atoms with Crippen LogP contribution in [0.3, 0.4) is 0 Å². The quantitative estimate of drug-likeness (QED) is 0.929. The average Bonchev–Trinajstić information content (AvgIpc) is 2.96. The van der Waals surface area contributed by atoms with Crippen LogP contribution in [0.1, 0.15) is 31.7 Å². The van der Waals surface area contributed by atoms with Gasteiger partial charge >= 0.3 is 0 Å². The predicted octanol–water partition coefficient (Wildman–Crippen LogP) is 3.53. The van der Waals surface area contributed by atoms with Crippen molar-refractivity contribution in [2.75, 3.05) is 0 Å². The van der Waals surface area contributed by atoms with Gasteiger partial charge in [0.2, 0.25) is 0 Å². The molecule has 0 amide bonds. The molecule has 3 rings (SSSR count). The van der Waals surface area contributed by atoms with Crippen LogP contribution in [-0.4, -0.2) is 11.8 Å². The molecule has 1 aromatic heterocycles. The van der Waals surface area contributed by atoms with Gasteiger partial charge in [0.1, 0.15) is 5.78 Å². The highest BCUT2D eigenvalue weighted by molar-refractivity contribution is 7.17. The number of hydrogen-bond donors (Lipinski definition) is 1. The van der Waals surface area contributed by atoms with Crippen molar-refractivity contribution >= 4 is 27.2 Å². The Labute approximate surface area is 117 Å². The fourth-order valence-electron chi connectivity index (χ4n) is 3.08. The van der Waals surface area contributed by atoms with Gasteiger partial charge in [-0.3, -0.25) is 4.79 Å². The monoisotopic (exact) mass is 273 g/mol. The van der Waals surface area contributed by atoms with Crippen LogP contribution >= 0.6 is 11.3 Å². The van der Waals surface area contributed by atoms with Gasteiger partial charge in [-0.15, -0.1) is 11.3 Å². The van der Waals surface area contributed by atoms with Gasteiger partial charge in [-0.05, 0) is 35.2 Å². The standard InChI is InChI=1S/C16H19NOS/c1-16(8-4-7-14(16)17)15(18)9-11-10-19-13-6-3-2-5-12(11)13/h2-3,5-6,10,14H,4,7-9,17H2,1H3. The fourth-order valence-corrected chi connectivity index (χ4v) is 4.05. The zero-order valence-corrected chi connectivity index (χ0v) is 12.0. The zero-order chi connectivity index (χ0) is 13.5. The number of carbonyl (C=O) groups excluding carboxylic acids is 1. The molecule has 0 bridgehead atoms. The van der Waals surface area contributed by atoms with E-state index in [4.69, 9.17) is 5.73 Å². The summed E-state index contributed by atoms with van der Waals surface area (Å²) in [5.41, 5.74) is 6.98. The summed E-state index contributed by atoms with van der Waals surface area (Å²) in [5, 5.41) is 3.34. The van der Waals surface area contributed by atoms with Gasteiger partial charge in [0.05, 0.1) is 0 Å². The Morgan fingerprint density at radius 2 is 2.26 bits per heavy atom. The Kier molecular flexibility index (Phi) is 3.19. The van der Waals surface area contributed by atoms with Gasteiger partial charge < -0.3 is 5.73 Å². The largest absolute Gasteiger partial charge is 0.327 e. The van der Waals surface area contributed by atoms with E-state index < -0.39 is 0 Å². The van der Waals surface area contributed by atoms with E-state index in [0.29, 0.717) is 12.2 Å². The molecule has 2 nitrogen and oxygen atoms in total. The van der Waals surface area contributed by atoms with Gasteiger partial charge in [-0.25, -0.2) is 0 Å². The smallest absolute Gasteiger partial charge is 0.144 e. The van der Waals surface area contributed by atoms with Crippen molar-refractivity contribution in [3.05, 3.63) is 35.2 Å². The lowest BCUT2D eigenvalue weighted by atomic mass is 9.78. The average molecular weight is 273 g/mol. The van der Waals surface area contributed by atoms with Crippen molar-refractivity contribution in [2.45, 2.75) is 38.6 Å². The van der Waals surface area contributed by atoms with Crippen molar-refractivity contribution in [3.8, 4) is 0 Å². The number of rotatable bonds is 3. The molecular weight excluding hydrogens is 254 g/mol. The van der Waals surface area contributed by atoms with Crippen LogP contribution in [-0.2, 0) is 11.2 Å².